The van der Waals surface area contributed by atoms with Gasteiger partial charge in [0.05, 0.1) is 0 Å². The maximum atomic E-state index is 11.5. The van der Waals surface area contributed by atoms with Gasteiger partial charge in [-0.15, -0.1) is 0 Å². The molecule has 23 heavy (non-hydrogen) atoms. The van der Waals surface area contributed by atoms with Crippen LogP contribution in [-0.2, 0) is 4.79 Å². The number of unbranched alkanes of at least 4 members (excludes halogenated alkanes) is 14. The van der Waals surface area contributed by atoms with E-state index in [1.165, 1.54) is 96.3 Å². The Kier molecular flexibility index (Phi) is 13.4. The van der Waals surface area contributed by atoms with E-state index in [-0.39, 0.29) is 0 Å². The summed E-state index contributed by atoms with van der Waals surface area (Å²) in [5.74, 6) is 0.385. The van der Waals surface area contributed by atoms with Gasteiger partial charge in [0.1, 0.15) is 0 Å². The Hall–Kier alpha value is -0.530. The predicted molar refractivity (Wildman–Crippen MR) is 101 cm³/mol. The molecule has 0 bridgehead atoms. The number of hydrogen-bond acceptors (Lipinski definition) is 1. The molecule has 1 aliphatic heterocycles. The molecule has 0 aromatic rings. The number of carbonyl (C=O) groups excluding carboxylic acids is 1. The Morgan fingerprint density at radius 2 is 1.13 bits per heavy atom. The van der Waals surface area contributed by atoms with Gasteiger partial charge in [-0.2, -0.15) is 0 Å². The number of rotatable bonds is 16. The van der Waals surface area contributed by atoms with Crippen LogP contribution in [0.5, 0.6) is 0 Å². The fourth-order valence-corrected chi connectivity index (χ4v) is 3.61. The minimum atomic E-state index is 0.385. The van der Waals surface area contributed by atoms with Gasteiger partial charge in [-0.3, -0.25) is 4.79 Å². The zero-order chi connectivity index (χ0) is 16.6. The molecule has 0 radical (unpaired) electrons. The average Bonchev–Trinajstić information content (AvgIpc) is 2.96. The molecule has 2 nitrogen and oxygen atoms in total. The Morgan fingerprint density at radius 1 is 0.696 bits per heavy atom. The van der Waals surface area contributed by atoms with Crippen LogP contribution >= 0.6 is 0 Å². The summed E-state index contributed by atoms with van der Waals surface area (Å²) in [7, 11) is 0. The fraction of sp³-hybridized carbons (Fsp3) is 0.952. The van der Waals surface area contributed by atoms with E-state index in [9.17, 15) is 4.79 Å². The van der Waals surface area contributed by atoms with E-state index in [2.05, 4.69) is 11.8 Å². The molecule has 2 heteroatoms. The Bertz CT molecular complexity index is 277. The largest absolute Gasteiger partial charge is 0.343 e. The minimum Gasteiger partial charge on any atom is -0.343 e. The van der Waals surface area contributed by atoms with Crippen LogP contribution in [0.1, 0.15) is 116 Å². The second-order valence-electron chi connectivity index (χ2n) is 7.43. The molecular weight excluding hydrogens is 282 g/mol. The summed E-state index contributed by atoms with van der Waals surface area (Å²) in [4.78, 5) is 13.5. The smallest absolute Gasteiger partial charge is 0.222 e. The molecule has 0 unspecified atom stereocenters. The molecule has 0 aromatic heterocycles. The summed E-state index contributed by atoms with van der Waals surface area (Å²) in [6.45, 7) is 4.31. The molecule has 1 fully saturated rings. The van der Waals surface area contributed by atoms with E-state index in [0.29, 0.717) is 5.91 Å². The number of likely N-dealkylation sites (tertiary alicyclic amines) is 1. The monoisotopic (exact) mass is 323 g/mol. The van der Waals surface area contributed by atoms with Crippen molar-refractivity contribution < 1.29 is 4.79 Å². The van der Waals surface area contributed by atoms with E-state index < -0.39 is 0 Å². The van der Waals surface area contributed by atoms with Crippen LogP contribution in [0.2, 0.25) is 0 Å². The molecule has 0 aliphatic carbocycles. The first kappa shape index (κ1) is 20.5. The Morgan fingerprint density at radius 3 is 1.52 bits per heavy atom. The van der Waals surface area contributed by atoms with Crippen molar-refractivity contribution in [3.05, 3.63) is 0 Å². The lowest BCUT2D eigenvalue weighted by Gasteiger charge is -2.14. The summed E-state index contributed by atoms with van der Waals surface area (Å²) in [5.41, 5.74) is 0. The highest BCUT2D eigenvalue weighted by Gasteiger charge is 2.18. The van der Waals surface area contributed by atoms with Gasteiger partial charge in [-0.05, 0) is 12.8 Å². The summed E-state index contributed by atoms with van der Waals surface area (Å²) in [6.07, 6.45) is 22.9. The number of amides is 1. The van der Waals surface area contributed by atoms with E-state index in [1.807, 2.05) is 0 Å². The van der Waals surface area contributed by atoms with Crippen molar-refractivity contribution in [2.45, 2.75) is 116 Å². The quantitative estimate of drug-likeness (QED) is 0.298. The standard InChI is InChI=1S/C21H41NO/c1-2-3-4-5-6-7-8-9-10-11-12-13-14-15-16-19-22-20-17-18-21(22)23/h2-20H2,1H3. The third kappa shape index (κ3) is 11.6. The molecule has 1 heterocycles. The molecule has 0 aromatic carbocycles. The zero-order valence-corrected chi connectivity index (χ0v) is 15.8. The molecule has 0 atom stereocenters. The second-order valence-corrected chi connectivity index (χ2v) is 7.43. The highest BCUT2D eigenvalue weighted by molar-refractivity contribution is 5.77. The van der Waals surface area contributed by atoms with Crippen molar-refractivity contribution in [3.8, 4) is 0 Å². The first-order valence-electron chi connectivity index (χ1n) is 10.6. The third-order valence-corrected chi connectivity index (χ3v) is 5.20. The Balaban J connectivity index is 1.69. The van der Waals surface area contributed by atoms with Crippen molar-refractivity contribution in [2.75, 3.05) is 13.1 Å². The van der Waals surface area contributed by atoms with Gasteiger partial charge in [0.25, 0.3) is 0 Å². The highest BCUT2D eigenvalue weighted by atomic mass is 16.2. The number of hydrogen-bond donors (Lipinski definition) is 0. The van der Waals surface area contributed by atoms with E-state index in [4.69, 9.17) is 0 Å². The van der Waals surface area contributed by atoms with Crippen molar-refractivity contribution in [2.24, 2.45) is 0 Å². The van der Waals surface area contributed by atoms with Gasteiger partial charge in [0, 0.05) is 19.5 Å². The first-order chi connectivity index (χ1) is 11.3. The summed E-state index contributed by atoms with van der Waals surface area (Å²) < 4.78 is 0. The van der Waals surface area contributed by atoms with Crippen molar-refractivity contribution in [1.82, 2.24) is 4.90 Å². The van der Waals surface area contributed by atoms with Crippen molar-refractivity contribution in [3.63, 3.8) is 0 Å². The first-order valence-corrected chi connectivity index (χ1v) is 10.6. The van der Waals surface area contributed by atoms with Crippen LogP contribution in [0.3, 0.4) is 0 Å². The van der Waals surface area contributed by atoms with Gasteiger partial charge >= 0.3 is 0 Å². The van der Waals surface area contributed by atoms with Gasteiger partial charge in [-0.1, -0.05) is 96.8 Å². The van der Waals surface area contributed by atoms with E-state index >= 15 is 0 Å². The van der Waals surface area contributed by atoms with Crippen LogP contribution < -0.4 is 0 Å². The minimum absolute atomic E-state index is 0.385. The van der Waals surface area contributed by atoms with Crippen molar-refractivity contribution >= 4 is 5.91 Å². The zero-order valence-electron chi connectivity index (χ0n) is 15.8. The summed E-state index contributed by atoms with van der Waals surface area (Å²) in [6, 6.07) is 0. The molecule has 1 aliphatic rings. The maximum absolute atomic E-state index is 11.5. The maximum Gasteiger partial charge on any atom is 0.222 e. The van der Waals surface area contributed by atoms with Crippen LogP contribution in [0.4, 0.5) is 0 Å². The second kappa shape index (κ2) is 15.0. The molecule has 1 rings (SSSR count). The third-order valence-electron chi connectivity index (χ3n) is 5.20. The van der Waals surface area contributed by atoms with Gasteiger partial charge in [-0.25, -0.2) is 0 Å². The van der Waals surface area contributed by atoms with Crippen LogP contribution in [-0.4, -0.2) is 23.9 Å². The summed E-state index contributed by atoms with van der Waals surface area (Å²) >= 11 is 0. The Labute approximate surface area is 145 Å². The average molecular weight is 324 g/mol. The predicted octanol–water partition coefficient (Wildman–Crippen LogP) is 6.48. The number of nitrogens with zero attached hydrogens (tertiary/aromatic N) is 1. The lowest BCUT2D eigenvalue weighted by atomic mass is 10.0. The highest BCUT2D eigenvalue weighted by Crippen LogP contribution is 2.14. The van der Waals surface area contributed by atoms with Crippen LogP contribution in [0.25, 0.3) is 0 Å². The molecule has 136 valence electrons. The molecule has 0 saturated carbocycles. The lowest BCUT2D eigenvalue weighted by molar-refractivity contribution is -0.127. The fourth-order valence-electron chi connectivity index (χ4n) is 3.61. The van der Waals surface area contributed by atoms with Gasteiger partial charge in [0.2, 0.25) is 5.91 Å². The van der Waals surface area contributed by atoms with E-state index in [1.54, 1.807) is 0 Å². The van der Waals surface area contributed by atoms with Gasteiger partial charge < -0.3 is 4.90 Å². The molecular formula is C21H41NO. The summed E-state index contributed by atoms with van der Waals surface area (Å²) in [5, 5.41) is 0. The van der Waals surface area contributed by atoms with E-state index in [0.717, 1.165) is 25.9 Å². The van der Waals surface area contributed by atoms with Crippen LogP contribution in [0.15, 0.2) is 0 Å². The normalized spacial score (nSPS) is 14.8. The van der Waals surface area contributed by atoms with Crippen LogP contribution in [0, 0.1) is 0 Å². The molecule has 0 spiro atoms. The lowest BCUT2D eigenvalue weighted by Crippen LogP contribution is -2.25. The van der Waals surface area contributed by atoms with Crippen molar-refractivity contribution in [1.29, 1.82) is 0 Å². The van der Waals surface area contributed by atoms with Gasteiger partial charge in [0.15, 0.2) is 0 Å². The number of carbonyl (C=O) groups is 1. The SMILES string of the molecule is CCCCCCCCCCCCCCCCCN1CCCC1=O. The topological polar surface area (TPSA) is 20.3 Å². The molecule has 1 saturated heterocycles. The molecule has 1 amide bonds. The molecule has 0 N–H and O–H groups in total.